The monoisotopic (exact) mass is 538 g/mol. The summed E-state index contributed by atoms with van der Waals surface area (Å²) in [6.45, 7) is 15.1. The molecule has 2 amide bonds. The summed E-state index contributed by atoms with van der Waals surface area (Å²) in [6.07, 6.45) is 11.8. The van der Waals surface area contributed by atoms with Gasteiger partial charge in [-0.1, -0.05) is 34.1 Å². The summed E-state index contributed by atoms with van der Waals surface area (Å²) >= 11 is 0. The number of rotatable bonds is 6. The van der Waals surface area contributed by atoms with E-state index in [1.807, 2.05) is 0 Å². The van der Waals surface area contributed by atoms with Crippen LogP contribution in [-0.4, -0.2) is 37.0 Å². The number of hydrogen-bond donors (Lipinski definition) is 3. The molecular weight excluding hydrogens is 484 g/mol. The van der Waals surface area contributed by atoms with Crippen LogP contribution in [-0.2, 0) is 10.0 Å². The van der Waals surface area contributed by atoms with Crippen LogP contribution in [0.25, 0.3) is 0 Å². The highest BCUT2D eigenvalue weighted by Crippen LogP contribution is 2.69. The predicted molar refractivity (Wildman–Crippen MR) is 149 cm³/mol. The molecule has 6 nitrogen and oxygen atoms in total. The van der Waals surface area contributed by atoms with Gasteiger partial charge in [-0.2, -0.15) is 0 Å². The van der Waals surface area contributed by atoms with Crippen molar-refractivity contribution in [2.45, 2.75) is 124 Å². The maximum absolute atomic E-state index is 12.3. The van der Waals surface area contributed by atoms with Crippen molar-refractivity contribution in [3.05, 3.63) is 0 Å². The molecule has 37 heavy (non-hydrogen) atoms. The van der Waals surface area contributed by atoms with Gasteiger partial charge in [0.25, 0.3) is 0 Å². The van der Waals surface area contributed by atoms with Crippen LogP contribution in [0.3, 0.4) is 0 Å². The molecule has 0 radical (unpaired) electrons. The van der Waals surface area contributed by atoms with Crippen molar-refractivity contribution in [2.75, 3.05) is 6.54 Å². The molecule has 0 aromatic heterocycles. The standard InChI is InChI=1S/C30H54N2O4S/c1-8-20-17-22-24-10-9-23(19(2)13-16-31-27(34)32-37(35,36)28(3,4)5)29(24,6)15-12-25(22)30(7)14-11-21(33)18-26(20)30/h19-26,33H,8-18H2,1-7H3,(H2,31,32,34)/t19-,20+,21-,22+,23-,24+,25+,26+,29-,30-/m1/s1. The first-order valence-corrected chi connectivity index (χ1v) is 16.6. The molecule has 0 spiro atoms. The molecule has 0 aromatic rings. The molecule has 0 saturated heterocycles. The van der Waals surface area contributed by atoms with Gasteiger partial charge in [0.1, 0.15) is 0 Å². The maximum Gasteiger partial charge on any atom is 0.328 e. The minimum absolute atomic E-state index is 0.0986. The average Bonchev–Trinajstić information content (AvgIpc) is 3.15. The molecule has 4 aliphatic carbocycles. The molecular formula is C30H54N2O4S. The van der Waals surface area contributed by atoms with Crippen LogP contribution in [0.15, 0.2) is 0 Å². The Morgan fingerprint density at radius 3 is 2.30 bits per heavy atom. The molecule has 3 N–H and O–H groups in total. The Morgan fingerprint density at radius 1 is 1.00 bits per heavy atom. The first-order valence-electron chi connectivity index (χ1n) is 15.1. The molecule has 214 valence electrons. The molecule has 4 saturated carbocycles. The average molecular weight is 539 g/mol. The lowest BCUT2D eigenvalue weighted by atomic mass is 9.42. The summed E-state index contributed by atoms with van der Waals surface area (Å²) in [7, 11) is -3.70. The number of hydrogen-bond acceptors (Lipinski definition) is 4. The van der Waals surface area contributed by atoms with Gasteiger partial charge in [0.15, 0.2) is 0 Å². The molecule has 4 rings (SSSR count). The van der Waals surface area contributed by atoms with Crippen molar-refractivity contribution in [1.82, 2.24) is 10.0 Å². The van der Waals surface area contributed by atoms with Crippen LogP contribution < -0.4 is 10.0 Å². The Balaban J connectivity index is 1.39. The van der Waals surface area contributed by atoms with Crippen LogP contribution in [0.2, 0.25) is 0 Å². The Kier molecular flexibility index (Phi) is 8.12. The number of carbonyl (C=O) groups is 1. The second-order valence-electron chi connectivity index (χ2n) is 14.8. The molecule has 4 aliphatic rings. The van der Waals surface area contributed by atoms with Crippen molar-refractivity contribution >= 4 is 16.1 Å². The lowest BCUT2D eigenvalue weighted by Crippen LogP contribution is -2.56. The first-order chi connectivity index (χ1) is 17.1. The third-order valence-corrected chi connectivity index (χ3v) is 14.1. The second kappa shape index (κ2) is 10.3. The van der Waals surface area contributed by atoms with E-state index < -0.39 is 20.8 Å². The molecule has 0 unspecified atom stereocenters. The quantitative estimate of drug-likeness (QED) is 0.381. The number of aliphatic hydroxyl groups excluding tert-OH is 1. The Bertz CT molecular complexity index is 946. The zero-order valence-electron chi connectivity index (χ0n) is 24.5. The van der Waals surface area contributed by atoms with E-state index in [2.05, 4.69) is 37.7 Å². The summed E-state index contributed by atoms with van der Waals surface area (Å²) < 4.78 is 25.7. The van der Waals surface area contributed by atoms with Crippen LogP contribution in [0.4, 0.5) is 4.79 Å². The fourth-order valence-corrected chi connectivity index (χ4v) is 10.5. The third kappa shape index (κ3) is 5.21. The summed E-state index contributed by atoms with van der Waals surface area (Å²) in [5.41, 5.74) is 0.743. The zero-order chi connectivity index (χ0) is 27.4. The van der Waals surface area contributed by atoms with Crippen LogP contribution >= 0.6 is 0 Å². The molecule has 0 heterocycles. The normalized spacial score (nSPS) is 42.8. The first kappa shape index (κ1) is 29.2. The summed E-state index contributed by atoms with van der Waals surface area (Å²) in [4.78, 5) is 12.3. The largest absolute Gasteiger partial charge is 0.393 e. The van der Waals surface area contributed by atoms with E-state index in [0.717, 1.165) is 42.9 Å². The number of amides is 2. The van der Waals surface area contributed by atoms with E-state index >= 15 is 0 Å². The Hall–Kier alpha value is -0.820. The number of sulfonamides is 1. The van der Waals surface area contributed by atoms with E-state index in [4.69, 9.17) is 0 Å². The third-order valence-electron chi connectivity index (χ3n) is 12.0. The van der Waals surface area contributed by atoms with Crippen LogP contribution in [0.5, 0.6) is 0 Å². The van der Waals surface area contributed by atoms with Gasteiger partial charge in [-0.15, -0.1) is 0 Å². The van der Waals surface area contributed by atoms with Gasteiger partial charge in [0, 0.05) is 6.54 Å². The molecule has 4 fully saturated rings. The fraction of sp³-hybridized carbons (Fsp3) is 0.967. The van der Waals surface area contributed by atoms with Gasteiger partial charge in [0.05, 0.1) is 10.9 Å². The Morgan fingerprint density at radius 2 is 1.65 bits per heavy atom. The summed E-state index contributed by atoms with van der Waals surface area (Å²) in [5.74, 6) is 4.96. The second-order valence-corrected chi connectivity index (χ2v) is 17.2. The van der Waals surface area contributed by atoms with E-state index in [9.17, 15) is 18.3 Å². The highest BCUT2D eigenvalue weighted by molar-refractivity contribution is 7.91. The fourth-order valence-electron chi connectivity index (χ4n) is 9.84. The number of urea groups is 1. The van der Waals surface area contributed by atoms with Crippen molar-refractivity contribution < 1.29 is 18.3 Å². The summed E-state index contributed by atoms with van der Waals surface area (Å²) in [6, 6.07) is -0.619. The summed E-state index contributed by atoms with van der Waals surface area (Å²) in [5, 5.41) is 13.3. The molecule has 0 aliphatic heterocycles. The molecule has 0 aromatic carbocycles. The molecule has 0 bridgehead atoms. The van der Waals surface area contributed by atoms with Crippen LogP contribution in [0, 0.1) is 52.3 Å². The van der Waals surface area contributed by atoms with Gasteiger partial charge < -0.3 is 10.4 Å². The smallest absolute Gasteiger partial charge is 0.328 e. The number of carbonyl (C=O) groups excluding carboxylic acids is 1. The van der Waals surface area contributed by atoms with Crippen molar-refractivity contribution in [3.8, 4) is 0 Å². The minimum atomic E-state index is -3.70. The van der Waals surface area contributed by atoms with Crippen molar-refractivity contribution in [3.63, 3.8) is 0 Å². The molecule has 7 heteroatoms. The van der Waals surface area contributed by atoms with Gasteiger partial charge in [-0.3, -0.25) is 0 Å². The highest BCUT2D eigenvalue weighted by Gasteiger charge is 2.62. The van der Waals surface area contributed by atoms with E-state index in [1.165, 1.54) is 44.9 Å². The van der Waals surface area contributed by atoms with E-state index in [1.54, 1.807) is 20.8 Å². The lowest BCUT2D eigenvalue weighted by Gasteiger charge is -2.63. The number of aliphatic hydroxyl groups is 1. The number of nitrogens with one attached hydrogen (secondary N) is 2. The topological polar surface area (TPSA) is 95.5 Å². The van der Waals surface area contributed by atoms with Crippen LogP contribution in [0.1, 0.15) is 113 Å². The SMILES string of the molecule is CC[C@H]1C[C@@H]2[C@H](CC[C@]3(C)[C@@H]([C@H](C)CCNC(=O)NS(=O)(=O)C(C)(C)C)CC[C@@H]23)[C@@]2(C)CC[C@@H](O)C[C@@H]12. The van der Waals surface area contributed by atoms with Gasteiger partial charge >= 0.3 is 6.03 Å². The van der Waals surface area contributed by atoms with Crippen molar-refractivity contribution in [1.29, 1.82) is 0 Å². The van der Waals surface area contributed by atoms with E-state index in [0.29, 0.717) is 35.1 Å². The maximum atomic E-state index is 12.3. The van der Waals surface area contributed by atoms with Crippen molar-refractivity contribution in [2.24, 2.45) is 52.3 Å². The van der Waals surface area contributed by atoms with Gasteiger partial charge in [0.2, 0.25) is 10.0 Å². The number of fused-ring (bicyclic) bond motifs is 5. The lowest BCUT2D eigenvalue weighted by molar-refractivity contribution is -0.152. The van der Waals surface area contributed by atoms with Gasteiger partial charge in [-0.05, 0) is 131 Å². The van der Waals surface area contributed by atoms with E-state index in [-0.39, 0.29) is 6.10 Å². The molecule has 10 atom stereocenters. The minimum Gasteiger partial charge on any atom is -0.393 e. The highest BCUT2D eigenvalue weighted by atomic mass is 32.2. The van der Waals surface area contributed by atoms with Gasteiger partial charge in [-0.25, -0.2) is 17.9 Å². The predicted octanol–water partition coefficient (Wildman–Crippen LogP) is 6.10. The Labute approximate surface area is 226 Å². The zero-order valence-corrected chi connectivity index (χ0v) is 25.3.